The van der Waals surface area contributed by atoms with Gasteiger partial charge in [-0.3, -0.25) is 14.5 Å². The van der Waals surface area contributed by atoms with E-state index in [0.29, 0.717) is 12.2 Å². The van der Waals surface area contributed by atoms with Crippen molar-refractivity contribution in [3.8, 4) is 17.0 Å². The van der Waals surface area contributed by atoms with Crippen LogP contribution in [0.5, 0.6) is 5.88 Å². The zero-order chi connectivity index (χ0) is 29.6. The Morgan fingerprint density at radius 3 is 2.50 bits per heavy atom. The quantitative estimate of drug-likeness (QED) is 0.275. The molecular weight excluding hydrogens is 557 g/mol. The Bertz CT molecular complexity index is 1790. The molecular formula is C31H32FN5O4S. The lowest BCUT2D eigenvalue weighted by molar-refractivity contribution is -0.125. The molecule has 11 heteroatoms. The Morgan fingerprint density at radius 1 is 1.05 bits per heavy atom. The second-order valence-electron chi connectivity index (χ2n) is 11.2. The number of rotatable bonds is 9. The van der Waals surface area contributed by atoms with Gasteiger partial charge in [0, 0.05) is 36.3 Å². The Kier molecular flexibility index (Phi) is 7.10. The van der Waals surface area contributed by atoms with Gasteiger partial charge < -0.3 is 14.5 Å². The number of carbonyl (C=O) groups is 1. The highest BCUT2D eigenvalue weighted by molar-refractivity contribution is 7.92. The molecule has 1 spiro atoms. The summed E-state index contributed by atoms with van der Waals surface area (Å²) in [6.07, 6.45) is 6.75. The van der Waals surface area contributed by atoms with Crippen LogP contribution in [0.4, 0.5) is 15.8 Å². The maximum absolute atomic E-state index is 13.5. The summed E-state index contributed by atoms with van der Waals surface area (Å²) in [6, 6.07) is 12.1. The van der Waals surface area contributed by atoms with Crippen molar-refractivity contribution in [1.82, 2.24) is 14.9 Å². The Morgan fingerprint density at radius 2 is 1.81 bits per heavy atom. The summed E-state index contributed by atoms with van der Waals surface area (Å²) < 4.78 is 48.4. The average molecular weight is 590 g/mol. The first-order valence-corrected chi connectivity index (χ1v) is 15.4. The van der Waals surface area contributed by atoms with Crippen LogP contribution >= 0.6 is 0 Å². The van der Waals surface area contributed by atoms with E-state index in [1.807, 2.05) is 37.2 Å². The van der Waals surface area contributed by atoms with Crippen LogP contribution in [-0.2, 0) is 20.2 Å². The van der Waals surface area contributed by atoms with Crippen LogP contribution in [0.1, 0.15) is 31.2 Å². The number of nitrogens with zero attached hydrogens (tertiary/aromatic N) is 4. The lowest BCUT2D eigenvalue weighted by Gasteiger charge is -2.37. The maximum atomic E-state index is 13.5. The molecule has 0 atom stereocenters. The summed E-state index contributed by atoms with van der Waals surface area (Å²) in [5.41, 5.74) is 3.75. The number of anilines is 2. The van der Waals surface area contributed by atoms with Gasteiger partial charge in [0.05, 0.1) is 34.3 Å². The van der Waals surface area contributed by atoms with E-state index in [0.717, 1.165) is 72.1 Å². The van der Waals surface area contributed by atoms with Crippen LogP contribution in [0.15, 0.2) is 65.8 Å². The molecule has 1 N–H and O–H groups in total. The smallest absolute Gasteiger partial charge is 0.262 e. The lowest BCUT2D eigenvalue weighted by atomic mass is 9.64. The van der Waals surface area contributed by atoms with Crippen LogP contribution in [-0.4, -0.2) is 63.5 Å². The van der Waals surface area contributed by atoms with Crippen molar-refractivity contribution < 1.29 is 22.3 Å². The van der Waals surface area contributed by atoms with Gasteiger partial charge in [-0.1, -0.05) is 12.5 Å². The summed E-state index contributed by atoms with van der Waals surface area (Å²) in [5, 5.41) is 0.903. The number of hydrogen-bond donors (Lipinski definition) is 1. The average Bonchev–Trinajstić information content (AvgIpc) is 3.18. The second kappa shape index (κ2) is 10.6. The maximum Gasteiger partial charge on any atom is 0.262 e. The minimum atomic E-state index is -4.06. The van der Waals surface area contributed by atoms with Crippen molar-refractivity contribution in [2.45, 2.75) is 36.0 Å². The second-order valence-corrected chi connectivity index (χ2v) is 12.9. The molecule has 0 bridgehead atoms. The highest BCUT2D eigenvalue weighted by Crippen LogP contribution is 2.55. The number of likely N-dealkylation sites (N-methyl/N-ethyl adjacent to an activating group) is 1. The molecule has 0 saturated heterocycles. The number of hydrogen-bond acceptors (Lipinski definition) is 7. The highest BCUT2D eigenvalue weighted by atomic mass is 32.2. The van der Waals surface area contributed by atoms with E-state index in [2.05, 4.69) is 14.7 Å². The van der Waals surface area contributed by atoms with Gasteiger partial charge in [-0.25, -0.2) is 17.8 Å². The van der Waals surface area contributed by atoms with Gasteiger partial charge in [0.2, 0.25) is 11.8 Å². The first-order valence-electron chi connectivity index (χ1n) is 13.9. The van der Waals surface area contributed by atoms with Crippen molar-refractivity contribution in [3.63, 3.8) is 0 Å². The number of nitrogens with one attached hydrogen (secondary N) is 1. The van der Waals surface area contributed by atoms with E-state index in [1.165, 1.54) is 12.1 Å². The highest BCUT2D eigenvalue weighted by Gasteiger charge is 2.54. The minimum absolute atomic E-state index is 0.0835. The fraction of sp³-hybridized carbons (Fsp3) is 0.323. The first-order chi connectivity index (χ1) is 20.1. The lowest BCUT2D eigenvalue weighted by Crippen LogP contribution is -2.43. The van der Waals surface area contributed by atoms with Gasteiger partial charge in [-0.05, 0) is 81.4 Å². The zero-order valence-corrected chi connectivity index (χ0v) is 24.5. The molecule has 6 rings (SSSR count). The Hall–Kier alpha value is -4.09. The number of fused-ring (bicyclic) bond motifs is 4. The van der Waals surface area contributed by atoms with Crippen molar-refractivity contribution in [2.75, 3.05) is 43.9 Å². The summed E-state index contributed by atoms with van der Waals surface area (Å²) in [7, 11) is 1.66. The number of ether oxygens (including phenoxy) is 1. The Labute approximate surface area is 244 Å². The molecule has 1 saturated carbocycles. The van der Waals surface area contributed by atoms with Crippen molar-refractivity contribution >= 4 is 38.2 Å². The molecule has 1 aliphatic heterocycles. The van der Waals surface area contributed by atoms with Crippen LogP contribution < -0.4 is 14.4 Å². The molecule has 4 aromatic rings. The van der Waals surface area contributed by atoms with Crippen molar-refractivity contribution in [2.24, 2.45) is 0 Å². The Balaban J connectivity index is 1.40. The molecule has 2 aromatic heterocycles. The van der Waals surface area contributed by atoms with Gasteiger partial charge in [0.25, 0.3) is 10.0 Å². The molecule has 1 fully saturated rings. The standard InChI is InChI=1S/C31H32FN5O4S/c1-36(2)14-5-15-41-29-26(35-42(39,40)23-9-7-22(32)8-10-23)17-21(18-34-29)20-6-11-25-24(16-20)28-27(19-33-25)37(3)30(38)31(28)12-4-13-31/h6-11,16-19,35H,4-5,12-15H2,1-3H3. The van der Waals surface area contributed by atoms with Gasteiger partial charge in [0.1, 0.15) is 11.5 Å². The van der Waals surface area contributed by atoms with Crippen molar-refractivity contribution in [1.29, 1.82) is 0 Å². The molecule has 3 heterocycles. The van der Waals surface area contributed by atoms with E-state index in [4.69, 9.17) is 4.74 Å². The fourth-order valence-corrected chi connectivity index (χ4v) is 6.86. The number of aromatic nitrogens is 2. The number of carbonyl (C=O) groups excluding carboxylic acids is 1. The van der Waals surface area contributed by atoms with E-state index < -0.39 is 21.3 Å². The minimum Gasteiger partial charge on any atom is -0.476 e. The van der Waals surface area contributed by atoms with Gasteiger partial charge in [-0.15, -0.1) is 0 Å². The number of sulfonamides is 1. The van der Waals surface area contributed by atoms with Crippen LogP contribution in [0.25, 0.3) is 22.0 Å². The van der Waals surface area contributed by atoms with E-state index in [-0.39, 0.29) is 22.4 Å². The topological polar surface area (TPSA) is 105 Å². The molecule has 42 heavy (non-hydrogen) atoms. The van der Waals surface area contributed by atoms with E-state index in [9.17, 15) is 17.6 Å². The summed E-state index contributed by atoms with van der Waals surface area (Å²) in [5.74, 6) is -0.276. The predicted octanol–water partition coefficient (Wildman–Crippen LogP) is 4.97. The predicted molar refractivity (Wildman–Crippen MR) is 160 cm³/mol. The number of amides is 1. The molecule has 0 unspecified atom stereocenters. The molecule has 1 amide bonds. The van der Waals surface area contributed by atoms with Crippen LogP contribution in [0, 0.1) is 5.82 Å². The van der Waals surface area contributed by atoms with E-state index in [1.54, 1.807) is 30.4 Å². The van der Waals surface area contributed by atoms with Crippen molar-refractivity contribution in [3.05, 3.63) is 72.3 Å². The summed E-state index contributed by atoms with van der Waals surface area (Å²) in [4.78, 5) is 26.0. The molecule has 2 aromatic carbocycles. The molecule has 0 radical (unpaired) electrons. The SMILES string of the molecule is CN(C)CCCOc1ncc(-c2ccc3ncc4c(c3c2)C2(CCC2)C(=O)N4C)cc1NS(=O)(=O)c1ccc(F)cc1. The third-order valence-electron chi connectivity index (χ3n) is 8.15. The number of halogens is 1. The monoisotopic (exact) mass is 589 g/mol. The molecule has 1 aliphatic carbocycles. The number of pyridine rings is 2. The molecule has 9 nitrogen and oxygen atoms in total. The number of benzene rings is 2. The largest absolute Gasteiger partial charge is 0.476 e. The van der Waals surface area contributed by atoms with Gasteiger partial charge >= 0.3 is 0 Å². The third kappa shape index (κ3) is 4.86. The third-order valence-corrected chi connectivity index (χ3v) is 9.53. The van der Waals surface area contributed by atoms with Gasteiger partial charge in [-0.2, -0.15) is 0 Å². The normalized spacial score (nSPS) is 15.7. The zero-order valence-electron chi connectivity index (χ0n) is 23.7. The van der Waals surface area contributed by atoms with Gasteiger partial charge in [0.15, 0.2) is 0 Å². The van der Waals surface area contributed by atoms with Crippen LogP contribution in [0.3, 0.4) is 0 Å². The van der Waals surface area contributed by atoms with E-state index >= 15 is 0 Å². The summed E-state index contributed by atoms with van der Waals surface area (Å²) in [6.45, 7) is 1.14. The first kappa shape index (κ1) is 28.0. The molecule has 2 aliphatic rings. The fourth-order valence-electron chi connectivity index (χ4n) is 5.82. The summed E-state index contributed by atoms with van der Waals surface area (Å²) >= 11 is 0. The molecule has 218 valence electrons. The van der Waals surface area contributed by atoms with Crippen LogP contribution in [0.2, 0.25) is 0 Å².